The second-order valence-electron chi connectivity index (χ2n) is 9.92. The first kappa shape index (κ1) is 21.8. The Kier molecular flexibility index (Phi) is 5.75. The van der Waals surface area contributed by atoms with Crippen LogP contribution in [0, 0.1) is 5.82 Å². The van der Waals surface area contributed by atoms with Crippen LogP contribution in [0.1, 0.15) is 63.6 Å². The van der Waals surface area contributed by atoms with Crippen LogP contribution in [-0.4, -0.2) is 60.3 Å². The van der Waals surface area contributed by atoms with Crippen molar-refractivity contribution < 1.29 is 28.1 Å². The minimum atomic E-state index is -1.36. The van der Waals surface area contributed by atoms with Gasteiger partial charge >= 0.3 is 0 Å². The van der Waals surface area contributed by atoms with Gasteiger partial charge in [0.1, 0.15) is 12.3 Å². The number of hydrogen-bond acceptors (Lipinski definition) is 5. The predicted octanol–water partition coefficient (Wildman–Crippen LogP) is 3.95. The average molecular weight is 426 g/mol. The van der Waals surface area contributed by atoms with Crippen molar-refractivity contribution in [3.05, 3.63) is 23.0 Å². The van der Waals surface area contributed by atoms with E-state index in [-0.39, 0.29) is 35.9 Å². The number of alkyl halides is 1. The molecule has 1 saturated heterocycles. The number of aliphatic hydroxyl groups excluding tert-OH is 1. The number of halogens is 2. The lowest BCUT2D eigenvalue weighted by atomic mass is 9.83. The maximum Gasteiger partial charge on any atom is 0.197 e. The van der Waals surface area contributed by atoms with E-state index < -0.39 is 17.6 Å². The average Bonchev–Trinajstić information content (AvgIpc) is 2.65. The van der Waals surface area contributed by atoms with Crippen molar-refractivity contribution in [1.29, 1.82) is 0 Å². The monoisotopic (exact) mass is 425 g/mol. The third kappa shape index (κ3) is 4.16. The van der Waals surface area contributed by atoms with Crippen LogP contribution < -0.4 is 9.47 Å². The van der Waals surface area contributed by atoms with Crippen LogP contribution in [0.3, 0.4) is 0 Å². The van der Waals surface area contributed by atoms with E-state index >= 15 is 4.39 Å². The molecule has 1 aromatic carbocycles. The fourth-order valence-electron chi connectivity index (χ4n) is 4.82. The highest BCUT2D eigenvalue weighted by atomic mass is 19.1. The van der Waals surface area contributed by atoms with Crippen LogP contribution in [0.4, 0.5) is 8.78 Å². The van der Waals surface area contributed by atoms with E-state index in [9.17, 15) is 9.50 Å². The number of nitrogens with zero attached hydrogens (tertiary/aromatic N) is 1. The molecule has 1 saturated carbocycles. The second-order valence-corrected chi connectivity index (χ2v) is 9.92. The zero-order valence-corrected chi connectivity index (χ0v) is 18.3. The minimum absolute atomic E-state index is 0.000995. The van der Waals surface area contributed by atoms with E-state index in [0.717, 1.165) is 12.0 Å². The molecule has 1 aliphatic carbocycles. The summed E-state index contributed by atoms with van der Waals surface area (Å²) in [7, 11) is 1.46. The third-order valence-electron chi connectivity index (χ3n) is 6.53. The molecule has 0 unspecified atom stereocenters. The second kappa shape index (κ2) is 7.92. The van der Waals surface area contributed by atoms with Crippen molar-refractivity contribution in [3.8, 4) is 11.5 Å². The van der Waals surface area contributed by atoms with Crippen molar-refractivity contribution in [1.82, 2.24) is 4.90 Å². The summed E-state index contributed by atoms with van der Waals surface area (Å²) in [5.74, 6) is -0.188. The van der Waals surface area contributed by atoms with Crippen LogP contribution in [0.2, 0.25) is 0 Å². The van der Waals surface area contributed by atoms with Crippen LogP contribution >= 0.6 is 0 Å². The summed E-state index contributed by atoms with van der Waals surface area (Å²) in [6.45, 7) is 7.04. The Morgan fingerprint density at radius 1 is 1.30 bits per heavy atom. The number of rotatable bonds is 5. The van der Waals surface area contributed by atoms with Gasteiger partial charge in [0.25, 0.3) is 0 Å². The maximum atomic E-state index is 15.4. The molecule has 1 aromatic rings. The topological polar surface area (TPSA) is 51.2 Å². The van der Waals surface area contributed by atoms with Gasteiger partial charge in [0.15, 0.2) is 17.3 Å². The molecule has 30 heavy (non-hydrogen) atoms. The molecule has 3 aliphatic rings. The molecular formula is C23H33F2NO4. The number of fused-ring (bicyclic) bond motifs is 3. The lowest BCUT2D eigenvalue weighted by molar-refractivity contribution is -0.149. The summed E-state index contributed by atoms with van der Waals surface area (Å²) in [5.41, 5.74) is -0.312. The van der Waals surface area contributed by atoms with Gasteiger partial charge in [-0.15, -0.1) is 0 Å². The van der Waals surface area contributed by atoms with E-state index in [1.807, 2.05) is 20.8 Å². The van der Waals surface area contributed by atoms with Gasteiger partial charge in [-0.1, -0.05) is 0 Å². The van der Waals surface area contributed by atoms with E-state index in [4.69, 9.17) is 14.2 Å². The molecule has 0 spiro atoms. The number of aliphatic hydroxyl groups is 1. The number of hydrogen-bond donors (Lipinski definition) is 1. The van der Waals surface area contributed by atoms with Crippen molar-refractivity contribution in [3.63, 3.8) is 0 Å². The summed E-state index contributed by atoms with van der Waals surface area (Å²) >= 11 is 0. The summed E-state index contributed by atoms with van der Waals surface area (Å²) in [5, 5.41) is 10.7. The summed E-state index contributed by atoms with van der Waals surface area (Å²) in [4.78, 5) is 2.25. The lowest BCUT2D eigenvalue weighted by Crippen LogP contribution is -2.53. The van der Waals surface area contributed by atoms with Gasteiger partial charge in [0.05, 0.1) is 24.9 Å². The normalized spacial score (nSPS) is 28.3. The smallest absolute Gasteiger partial charge is 0.197 e. The van der Waals surface area contributed by atoms with Crippen LogP contribution in [-0.2, 0) is 11.2 Å². The molecule has 2 aliphatic heterocycles. The molecule has 0 aromatic heterocycles. The number of piperidine rings is 1. The van der Waals surface area contributed by atoms with Crippen LogP contribution in [0.25, 0.3) is 0 Å². The Morgan fingerprint density at radius 3 is 2.63 bits per heavy atom. The molecule has 2 heterocycles. The van der Waals surface area contributed by atoms with Gasteiger partial charge in [-0.25, -0.2) is 8.78 Å². The molecule has 5 nitrogen and oxygen atoms in total. The molecule has 7 heteroatoms. The predicted molar refractivity (Wildman–Crippen MR) is 109 cm³/mol. The Morgan fingerprint density at radius 2 is 2.03 bits per heavy atom. The van der Waals surface area contributed by atoms with Crippen molar-refractivity contribution >= 4 is 0 Å². The molecule has 2 fully saturated rings. The lowest BCUT2D eigenvalue weighted by Gasteiger charge is -2.47. The fraction of sp³-hybridized carbons (Fsp3) is 0.739. The molecule has 1 N–H and O–H groups in total. The van der Waals surface area contributed by atoms with Crippen molar-refractivity contribution in [2.45, 2.75) is 82.4 Å². The standard InChI is InChI=1S/C23H33F2NO4/c1-22(2,3)30-19-12-26-9-6-14-15(16(26)11-17(19)27)10-18(28-4)21(20(14)24)29-13-23(25)7-5-8-23/h10,16-17,19,27H,5-9,11-13H2,1-4H3/t16-,17-,19-/m1/s1. The molecule has 4 rings (SSSR count). The van der Waals surface area contributed by atoms with Gasteiger partial charge in [-0.3, -0.25) is 4.90 Å². The number of methoxy groups -OCH3 is 1. The zero-order valence-electron chi connectivity index (χ0n) is 18.3. The van der Waals surface area contributed by atoms with Crippen LogP contribution in [0.5, 0.6) is 11.5 Å². The number of ether oxygens (including phenoxy) is 3. The van der Waals surface area contributed by atoms with E-state index in [2.05, 4.69) is 4.90 Å². The van der Waals surface area contributed by atoms with Gasteiger partial charge in [0.2, 0.25) is 0 Å². The van der Waals surface area contributed by atoms with E-state index in [1.165, 1.54) is 7.11 Å². The minimum Gasteiger partial charge on any atom is -0.493 e. The SMILES string of the molecule is COc1cc2c(c(F)c1OCC1(F)CCC1)CCN1C[C@@H](OC(C)(C)C)[C@H](O)C[C@H]21. The molecule has 0 amide bonds. The number of benzene rings is 1. The van der Waals surface area contributed by atoms with Gasteiger partial charge in [0, 0.05) is 19.1 Å². The van der Waals surface area contributed by atoms with Crippen LogP contribution in [0.15, 0.2) is 6.07 Å². The van der Waals surface area contributed by atoms with Gasteiger partial charge in [-0.2, -0.15) is 0 Å². The Balaban J connectivity index is 1.58. The Hall–Kier alpha value is -1.44. The van der Waals surface area contributed by atoms with E-state index in [1.54, 1.807) is 6.07 Å². The fourth-order valence-corrected chi connectivity index (χ4v) is 4.82. The first-order valence-electron chi connectivity index (χ1n) is 10.9. The molecule has 3 atom stereocenters. The zero-order chi connectivity index (χ0) is 21.7. The summed E-state index contributed by atoms with van der Waals surface area (Å²) in [6.07, 6.45) is 1.82. The van der Waals surface area contributed by atoms with Crippen molar-refractivity contribution in [2.75, 3.05) is 26.8 Å². The highest BCUT2D eigenvalue weighted by Crippen LogP contribution is 2.45. The highest BCUT2D eigenvalue weighted by Gasteiger charge is 2.42. The van der Waals surface area contributed by atoms with Gasteiger partial charge in [-0.05, 0) is 70.1 Å². The Labute approximate surface area is 177 Å². The Bertz CT molecular complexity index is 790. The van der Waals surface area contributed by atoms with E-state index in [0.29, 0.717) is 44.3 Å². The molecule has 168 valence electrons. The maximum absolute atomic E-state index is 15.4. The largest absolute Gasteiger partial charge is 0.493 e. The molecular weight excluding hydrogens is 392 g/mol. The molecule has 0 radical (unpaired) electrons. The van der Waals surface area contributed by atoms with Crippen molar-refractivity contribution in [2.24, 2.45) is 0 Å². The molecule has 0 bridgehead atoms. The first-order valence-corrected chi connectivity index (χ1v) is 10.9. The highest BCUT2D eigenvalue weighted by molar-refractivity contribution is 5.51. The van der Waals surface area contributed by atoms with Gasteiger partial charge < -0.3 is 19.3 Å². The quantitative estimate of drug-likeness (QED) is 0.774. The third-order valence-corrected chi connectivity index (χ3v) is 6.53. The summed E-state index contributed by atoms with van der Waals surface area (Å²) < 4.78 is 46.9. The summed E-state index contributed by atoms with van der Waals surface area (Å²) in [6, 6.07) is 1.69. The first-order chi connectivity index (χ1) is 14.1.